The maximum atomic E-state index is 14.4. The second kappa shape index (κ2) is 9.52. The average Bonchev–Trinajstić information content (AvgIpc) is 2.84. The fraction of sp³-hybridized carbons (Fsp3) is 0. The maximum absolute atomic E-state index is 14.4. The molecule has 0 aliphatic rings. The van der Waals surface area contributed by atoms with Crippen LogP contribution in [0, 0.1) is 15.9 Å². The number of non-ortho nitro benzene ring substituents is 1. The largest absolute Gasteiger partial charge is 0.321 e. The number of nitro benzene ring substituents is 1. The Bertz CT molecular complexity index is 1660. The van der Waals surface area contributed by atoms with E-state index in [4.69, 9.17) is 0 Å². The van der Waals surface area contributed by atoms with Crippen LogP contribution in [0.3, 0.4) is 0 Å². The van der Waals surface area contributed by atoms with Crippen molar-refractivity contribution in [3.8, 4) is 0 Å². The van der Waals surface area contributed by atoms with Crippen molar-refractivity contribution < 1.29 is 31.9 Å². The number of carbonyl (C=O) groups excluding carboxylic acids is 2. The van der Waals surface area contributed by atoms with Crippen molar-refractivity contribution in [3.05, 3.63) is 106 Å². The van der Waals surface area contributed by atoms with E-state index in [0.717, 1.165) is 24.3 Å². The van der Waals surface area contributed by atoms with E-state index in [-0.39, 0.29) is 38.5 Å². The topological polar surface area (TPSA) is 156 Å². The summed E-state index contributed by atoms with van der Waals surface area (Å²) in [5.41, 5.74) is -0.527. The van der Waals surface area contributed by atoms with Crippen LogP contribution in [0.4, 0.5) is 21.5 Å². The second-order valence-electron chi connectivity index (χ2n) is 7.54. The summed E-state index contributed by atoms with van der Waals surface area (Å²) in [5.74, 6) is -2.35. The lowest BCUT2D eigenvalue weighted by Crippen LogP contribution is -2.16. The minimum atomic E-state index is -4.51. The molecule has 0 fully saturated rings. The van der Waals surface area contributed by atoms with Gasteiger partial charge in [0.1, 0.15) is 10.7 Å². The van der Waals surface area contributed by atoms with Crippen LogP contribution in [0.25, 0.3) is 10.8 Å². The van der Waals surface area contributed by atoms with Crippen molar-refractivity contribution in [2.75, 3.05) is 10.6 Å². The Hall–Kier alpha value is -4.68. The zero-order valence-electron chi connectivity index (χ0n) is 18.1. The van der Waals surface area contributed by atoms with Gasteiger partial charge >= 0.3 is 0 Å². The Kier molecular flexibility index (Phi) is 6.47. The summed E-state index contributed by atoms with van der Waals surface area (Å²) in [6, 6.07) is 16.8. The van der Waals surface area contributed by atoms with Gasteiger partial charge in [-0.3, -0.25) is 24.3 Å². The fourth-order valence-electron chi connectivity index (χ4n) is 3.52. The number of benzene rings is 4. The lowest BCUT2D eigenvalue weighted by Gasteiger charge is -2.12. The molecule has 3 N–H and O–H groups in total. The molecule has 0 aliphatic heterocycles. The summed E-state index contributed by atoms with van der Waals surface area (Å²) in [6.07, 6.45) is 0. The predicted molar refractivity (Wildman–Crippen MR) is 129 cm³/mol. The number of nitrogens with one attached hydrogen (secondary N) is 2. The molecule has 182 valence electrons. The highest BCUT2D eigenvalue weighted by molar-refractivity contribution is 7.86. The molecule has 4 aromatic rings. The smallest absolute Gasteiger partial charge is 0.295 e. The predicted octanol–water partition coefficient (Wildman–Crippen LogP) is 4.64. The highest BCUT2D eigenvalue weighted by Gasteiger charge is 2.18. The van der Waals surface area contributed by atoms with E-state index >= 15 is 0 Å². The number of fused-ring (bicyclic) bond motifs is 1. The molecule has 36 heavy (non-hydrogen) atoms. The van der Waals surface area contributed by atoms with Crippen LogP contribution >= 0.6 is 0 Å². The number of carbonyl (C=O) groups is 2. The zero-order chi connectivity index (χ0) is 26.0. The maximum Gasteiger partial charge on any atom is 0.295 e. The third-order valence-corrected chi connectivity index (χ3v) is 6.12. The Morgan fingerprint density at radius 2 is 1.44 bits per heavy atom. The summed E-state index contributed by atoms with van der Waals surface area (Å²) in [6.45, 7) is 0. The minimum absolute atomic E-state index is 0.0336. The lowest BCUT2D eigenvalue weighted by molar-refractivity contribution is -0.384. The third-order valence-electron chi connectivity index (χ3n) is 5.21. The summed E-state index contributed by atoms with van der Waals surface area (Å²) in [4.78, 5) is 35.3. The molecule has 0 heterocycles. The molecule has 2 amide bonds. The molecule has 0 bridgehead atoms. The van der Waals surface area contributed by atoms with E-state index in [1.165, 1.54) is 36.4 Å². The van der Waals surface area contributed by atoms with E-state index < -0.39 is 32.7 Å². The van der Waals surface area contributed by atoms with Crippen LogP contribution in [-0.2, 0) is 10.1 Å². The van der Waals surface area contributed by atoms with Crippen LogP contribution in [0.5, 0.6) is 0 Å². The number of halogens is 1. The molecule has 0 saturated carbocycles. The number of nitrogens with zero attached hydrogens (tertiary/aromatic N) is 1. The summed E-state index contributed by atoms with van der Waals surface area (Å²) in [5, 5.41) is 16.4. The first-order chi connectivity index (χ1) is 17.0. The van der Waals surface area contributed by atoms with Crippen LogP contribution in [0.2, 0.25) is 0 Å². The van der Waals surface area contributed by atoms with E-state index in [1.54, 1.807) is 18.2 Å². The van der Waals surface area contributed by atoms with Crippen molar-refractivity contribution in [2.24, 2.45) is 0 Å². The highest BCUT2D eigenvalue weighted by Crippen LogP contribution is 2.30. The SMILES string of the molecule is O=C(Nc1cc(C(=O)Nc2ccc(S(=O)(=O)O)c3ccccc23)ccc1F)c1cccc([N+](=O)[O-])c1. The second-order valence-corrected chi connectivity index (χ2v) is 8.93. The first-order valence-corrected chi connectivity index (χ1v) is 11.6. The molecule has 4 aromatic carbocycles. The van der Waals surface area contributed by atoms with Crippen molar-refractivity contribution in [3.63, 3.8) is 0 Å². The molecular weight excluding hydrogens is 493 g/mol. The van der Waals surface area contributed by atoms with Gasteiger partial charge in [-0.1, -0.05) is 30.3 Å². The van der Waals surface area contributed by atoms with Crippen LogP contribution in [0.1, 0.15) is 20.7 Å². The lowest BCUT2D eigenvalue weighted by atomic mass is 10.1. The van der Waals surface area contributed by atoms with E-state index in [9.17, 15) is 37.1 Å². The number of anilines is 2. The van der Waals surface area contributed by atoms with Crippen LogP contribution in [0.15, 0.2) is 83.8 Å². The molecule has 10 nitrogen and oxygen atoms in total. The van der Waals surface area contributed by atoms with Gasteiger partial charge in [-0.05, 0) is 36.4 Å². The van der Waals surface area contributed by atoms with Crippen molar-refractivity contribution in [2.45, 2.75) is 4.90 Å². The van der Waals surface area contributed by atoms with Gasteiger partial charge in [-0.25, -0.2) is 4.39 Å². The van der Waals surface area contributed by atoms with E-state index in [1.807, 2.05) is 0 Å². The fourth-order valence-corrected chi connectivity index (χ4v) is 4.21. The standard InChI is InChI=1S/C24H16FN3O7S/c25-19-9-8-15(13-21(19)27-23(29)14-4-3-5-16(12-14)28(31)32)24(30)26-20-10-11-22(36(33,34)35)18-7-2-1-6-17(18)20/h1-13H,(H,26,30)(H,27,29)(H,33,34,35). The zero-order valence-corrected chi connectivity index (χ0v) is 19.0. The van der Waals surface area contributed by atoms with E-state index in [2.05, 4.69) is 10.6 Å². The Balaban J connectivity index is 1.61. The van der Waals surface area contributed by atoms with E-state index in [0.29, 0.717) is 5.39 Å². The molecule has 0 radical (unpaired) electrons. The molecular formula is C24H16FN3O7S. The molecule has 0 spiro atoms. The van der Waals surface area contributed by atoms with Gasteiger partial charge in [0.15, 0.2) is 0 Å². The number of hydrogen-bond donors (Lipinski definition) is 3. The highest BCUT2D eigenvalue weighted by atomic mass is 32.2. The minimum Gasteiger partial charge on any atom is -0.321 e. The van der Waals surface area contributed by atoms with Gasteiger partial charge in [0.25, 0.3) is 27.6 Å². The van der Waals surface area contributed by atoms with Gasteiger partial charge in [0.2, 0.25) is 0 Å². The average molecular weight is 509 g/mol. The molecule has 0 aromatic heterocycles. The van der Waals surface area contributed by atoms with Gasteiger partial charge in [-0.2, -0.15) is 8.42 Å². The van der Waals surface area contributed by atoms with Crippen molar-refractivity contribution in [1.29, 1.82) is 0 Å². The number of amides is 2. The van der Waals surface area contributed by atoms with Crippen LogP contribution in [-0.4, -0.2) is 29.7 Å². The molecule has 4 rings (SSSR count). The Morgan fingerprint density at radius 3 is 2.11 bits per heavy atom. The summed E-state index contributed by atoms with van der Waals surface area (Å²) in [7, 11) is -4.51. The number of hydrogen-bond acceptors (Lipinski definition) is 6. The normalized spacial score (nSPS) is 11.2. The first kappa shape index (κ1) is 24.4. The molecule has 0 saturated heterocycles. The first-order valence-electron chi connectivity index (χ1n) is 10.2. The molecule has 0 unspecified atom stereocenters. The van der Waals surface area contributed by atoms with Gasteiger partial charge in [0, 0.05) is 39.7 Å². The molecule has 0 aliphatic carbocycles. The Labute approximate surface area is 203 Å². The van der Waals surface area contributed by atoms with Gasteiger partial charge in [-0.15, -0.1) is 0 Å². The number of rotatable bonds is 6. The summed E-state index contributed by atoms with van der Waals surface area (Å²) < 4.78 is 47.2. The van der Waals surface area contributed by atoms with Gasteiger partial charge < -0.3 is 10.6 Å². The summed E-state index contributed by atoms with van der Waals surface area (Å²) >= 11 is 0. The van der Waals surface area contributed by atoms with Crippen molar-refractivity contribution in [1.82, 2.24) is 0 Å². The van der Waals surface area contributed by atoms with Crippen molar-refractivity contribution >= 4 is 49.8 Å². The quantitative estimate of drug-likeness (QED) is 0.194. The molecule has 12 heteroatoms. The van der Waals surface area contributed by atoms with Gasteiger partial charge in [0.05, 0.1) is 10.6 Å². The third kappa shape index (κ3) is 5.04. The monoisotopic (exact) mass is 509 g/mol. The van der Waals surface area contributed by atoms with Crippen LogP contribution < -0.4 is 10.6 Å². The Morgan fingerprint density at radius 1 is 0.806 bits per heavy atom. The molecule has 0 atom stereocenters. The number of nitro groups is 1.